The zero-order valence-electron chi connectivity index (χ0n) is 11.0. The Morgan fingerprint density at radius 1 is 1.44 bits per heavy atom. The molecular formula is C14H20N2O2. The van der Waals surface area contributed by atoms with Gasteiger partial charge in [-0.1, -0.05) is 6.07 Å². The average molecular weight is 248 g/mol. The van der Waals surface area contributed by atoms with Gasteiger partial charge < -0.3 is 15.3 Å². The van der Waals surface area contributed by atoms with Gasteiger partial charge in [0.25, 0.3) is 0 Å². The molecule has 4 heteroatoms. The van der Waals surface area contributed by atoms with Crippen molar-refractivity contribution in [3.05, 3.63) is 23.3 Å². The van der Waals surface area contributed by atoms with Crippen LogP contribution >= 0.6 is 0 Å². The van der Waals surface area contributed by atoms with E-state index < -0.39 is 5.97 Å². The Hall–Kier alpha value is -1.71. The minimum absolute atomic E-state index is 0.187. The molecule has 0 radical (unpaired) electrons. The molecule has 4 nitrogen and oxygen atoms in total. The molecule has 0 saturated heterocycles. The maximum atomic E-state index is 10.7. The van der Waals surface area contributed by atoms with Crippen LogP contribution in [-0.2, 0) is 4.79 Å². The highest BCUT2D eigenvalue weighted by atomic mass is 16.4. The van der Waals surface area contributed by atoms with E-state index in [0.717, 1.165) is 25.2 Å². The lowest BCUT2D eigenvalue weighted by Crippen LogP contribution is -2.27. The van der Waals surface area contributed by atoms with Gasteiger partial charge in [0, 0.05) is 19.6 Å². The maximum Gasteiger partial charge on any atom is 0.305 e. The van der Waals surface area contributed by atoms with Gasteiger partial charge in [-0.3, -0.25) is 4.79 Å². The molecule has 2 N–H and O–H groups in total. The first-order chi connectivity index (χ1) is 8.59. The van der Waals surface area contributed by atoms with Crippen molar-refractivity contribution in [3.8, 4) is 0 Å². The Morgan fingerprint density at radius 2 is 2.22 bits per heavy atom. The Balaban J connectivity index is 2.33. The number of aliphatic carboxylic acids is 1. The molecule has 2 rings (SSSR count). The van der Waals surface area contributed by atoms with Gasteiger partial charge in [-0.2, -0.15) is 0 Å². The Bertz CT molecular complexity index is 457. The average Bonchev–Trinajstić information content (AvgIpc) is 2.54. The van der Waals surface area contributed by atoms with Gasteiger partial charge in [0.15, 0.2) is 0 Å². The molecular weight excluding hydrogens is 228 g/mol. The van der Waals surface area contributed by atoms with E-state index in [1.807, 2.05) is 0 Å². The standard InChI is InChI=1S/C14H20N2O2/c1-10-4-5-12-14(11(10)2)16(8-3-7-15-12)9-6-13(17)18/h4-5,15H,3,6-9H2,1-2H3,(H,17,18). The monoisotopic (exact) mass is 248 g/mol. The van der Waals surface area contributed by atoms with Crippen LogP contribution in [0.25, 0.3) is 0 Å². The number of fused-ring (bicyclic) bond motifs is 1. The quantitative estimate of drug-likeness (QED) is 0.862. The lowest BCUT2D eigenvalue weighted by molar-refractivity contribution is -0.136. The smallest absolute Gasteiger partial charge is 0.305 e. The number of rotatable bonds is 3. The molecule has 0 saturated carbocycles. The van der Waals surface area contributed by atoms with Crippen molar-refractivity contribution in [2.45, 2.75) is 26.7 Å². The molecule has 98 valence electrons. The van der Waals surface area contributed by atoms with Crippen LogP contribution in [0.3, 0.4) is 0 Å². The first-order valence-electron chi connectivity index (χ1n) is 6.40. The summed E-state index contributed by atoms with van der Waals surface area (Å²) in [4.78, 5) is 12.9. The number of carboxylic acid groups (broad SMARTS) is 1. The normalized spacial score (nSPS) is 14.7. The third-order valence-corrected chi connectivity index (χ3v) is 3.53. The summed E-state index contributed by atoms with van der Waals surface area (Å²) in [5.74, 6) is -0.737. The van der Waals surface area contributed by atoms with Crippen LogP contribution in [0.5, 0.6) is 0 Å². The second kappa shape index (κ2) is 5.29. The molecule has 18 heavy (non-hydrogen) atoms. The number of hydrogen-bond acceptors (Lipinski definition) is 3. The third kappa shape index (κ3) is 2.58. The first-order valence-corrected chi connectivity index (χ1v) is 6.40. The minimum Gasteiger partial charge on any atom is -0.481 e. The number of nitrogens with zero attached hydrogens (tertiary/aromatic N) is 1. The van der Waals surface area contributed by atoms with Crippen LogP contribution in [-0.4, -0.2) is 30.7 Å². The van der Waals surface area contributed by atoms with Gasteiger partial charge in [-0.25, -0.2) is 0 Å². The molecule has 0 spiro atoms. The zero-order chi connectivity index (χ0) is 13.1. The van der Waals surface area contributed by atoms with E-state index in [9.17, 15) is 4.79 Å². The molecule has 0 atom stereocenters. The van der Waals surface area contributed by atoms with E-state index in [1.54, 1.807) is 0 Å². The molecule has 1 aromatic carbocycles. The predicted molar refractivity (Wildman–Crippen MR) is 73.5 cm³/mol. The van der Waals surface area contributed by atoms with Crippen molar-refractivity contribution in [3.63, 3.8) is 0 Å². The van der Waals surface area contributed by atoms with Crippen molar-refractivity contribution < 1.29 is 9.90 Å². The Kier molecular flexibility index (Phi) is 3.75. The lowest BCUT2D eigenvalue weighted by atomic mass is 10.1. The summed E-state index contributed by atoms with van der Waals surface area (Å²) in [6, 6.07) is 4.21. The molecule has 0 bridgehead atoms. The number of nitrogens with one attached hydrogen (secondary N) is 1. The summed E-state index contributed by atoms with van der Waals surface area (Å²) in [7, 11) is 0. The highest BCUT2D eigenvalue weighted by Crippen LogP contribution is 2.33. The van der Waals surface area contributed by atoms with E-state index in [2.05, 4.69) is 36.2 Å². The highest BCUT2D eigenvalue weighted by Gasteiger charge is 2.18. The van der Waals surface area contributed by atoms with Crippen LogP contribution in [0, 0.1) is 13.8 Å². The summed E-state index contributed by atoms with van der Waals surface area (Å²) in [5, 5.41) is 12.3. The van der Waals surface area contributed by atoms with Crippen molar-refractivity contribution in [2.75, 3.05) is 29.9 Å². The molecule has 0 unspecified atom stereocenters. The van der Waals surface area contributed by atoms with E-state index >= 15 is 0 Å². The second-order valence-electron chi connectivity index (χ2n) is 4.81. The number of carbonyl (C=O) groups is 1. The van der Waals surface area contributed by atoms with Gasteiger partial charge in [0.1, 0.15) is 0 Å². The third-order valence-electron chi connectivity index (χ3n) is 3.53. The van der Waals surface area contributed by atoms with Crippen LogP contribution in [0.2, 0.25) is 0 Å². The van der Waals surface area contributed by atoms with Crippen LogP contribution in [0.15, 0.2) is 12.1 Å². The zero-order valence-corrected chi connectivity index (χ0v) is 11.0. The number of hydrogen-bond donors (Lipinski definition) is 2. The summed E-state index contributed by atoms with van der Waals surface area (Å²) >= 11 is 0. The SMILES string of the molecule is Cc1ccc2c(c1C)N(CCC(=O)O)CCCN2. The van der Waals surface area contributed by atoms with E-state index in [4.69, 9.17) is 5.11 Å². The van der Waals surface area contributed by atoms with Gasteiger partial charge in [-0.05, 0) is 37.5 Å². The number of benzene rings is 1. The van der Waals surface area contributed by atoms with E-state index in [-0.39, 0.29) is 6.42 Å². The summed E-state index contributed by atoms with van der Waals surface area (Å²) in [5.41, 5.74) is 4.79. The molecule has 1 aliphatic rings. The van der Waals surface area contributed by atoms with Gasteiger partial charge in [-0.15, -0.1) is 0 Å². The minimum atomic E-state index is -0.737. The summed E-state index contributed by atoms with van der Waals surface area (Å²) < 4.78 is 0. The largest absolute Gasteiger partial charge is 0.481 e. The molecule has 0 fully saturated rings. The fraction of sp³-hybridized carbons (Fsp3) is 0.500. The second-order valence-corrected chi connectivity index (χ2v) is 4.81. The van der Waals surface area contributed by atoms with Crippen molar-refractivity contribution in [1.82, 2.24) is 0 Å². The molecule has 0 aromatic heterocycles. The summed E-state index contributed by atoms with van der Waals surface area (Å²) in [6.07, 6.45) is 1.22. The highest BCUT2D eigenvalue weighted by molar-refractivity contribution is 5.76. The van der Waals surface area contributed by atoms with E-state index in [1.165, 1.54) is 16.8 Å². The Morgan fingerprint density at radius 3 is 2.94 bits per heavy atom. The molecule has 0 amide bonds. The number of anilines is 2. The number of carboxylic acids is 1. The fourth-order valence-corrected chi connectivity index (χ4v) is 2.41. The van der Waals surface area contributed by atoms with Crippen molar-refractivity contribution in [2.24, 2.45) is 0 Å². The van der Waals surface area contributed by atoms with Crippen molar-refractivity contribution >= 4 is 17.3 Å². The molecule has 1 aliphatic heterocycles. The molecule has 1 aromatic rings. The van der Waals surface area contributed by atoms with Gasteiger partial charge >= 0.3 is 5.97 Å². The van der Waals surface area contributed by atoms with Crippen LogP contribution in [0.4, 0.5) is 11.4 Å². The molecule has 0 aliphatic carbocycles. The maximum absolute atomic E-state index is 10.7. The van der Waals surface area contributed by atoms with Gasteiger partial charge in [0.2, 0.25) is 0 Å². The van der Waals surface area contributed by atoms with Gasteiger partial charge in [0.05, 0.1) is 17.8 Å². The predicted octanol–water partition coefficient (Wildman–Crippen LogP) is 2.40. The van der Waals surface area contributed by atoms with E-state index in [0.29, 0.717) is 6.54 Å². The number of aryl methyl sites for hydroxylation is 1. The summed E-state index contributed by atoms with van der Waals surface area (Å²) in [6.45, 7) is 6.63. The van der Waals surface area contributed by atoms with Crippen molar-refractivity contribution in [1.29, 1.82) is 0 Å². The first kappa shape index (κ1) is 12.7. The fourth-order valence-electron chi connectivity index (χ4n) is 2.41. The Labute approximate surface area is 108 Å². The van der Waals surface area contributed by atoms with Crippen LogP contribution in [0.1, 0.15) is 24.0 Å². The molecule has 1 heterocycles. The topological polar surface area (TPSA) is 52.6 Å². The lowest BCUT2D eigenvalue weighted by Gasteiger charge is -2.26. The van der Waals surface area contributed by atoms with Crippen LogP contribution < -0.4 is 10.2 Å².